The summed E-state index contributed by atoms with van der Waals surface area (Å²) < 4.78 is 0. The van der Waals surface area contributed by atoms with E-state index >= 15 is 0 Å². The molecular formula is C9H10O4. The molecule has 0 aliphatic heterocycles. The molecular weight excluding hydrogens is 172 g/mol. The molecule has 4 nitrogen and oxygen atoms in total. The molecule has 0 rings (SSSR count). The molecule has 0 unspecified atom stereocenters. The lowest BCUT2D eigenvalue weighted by atomic mass is 10.1. The van der Waals surface area contributed by atoms with Gasteiger partial charge in [0.1, 0.15) is 0 Å². The van der Waals surface area contributed by atoms with Crippen LogP contribution in [0.1, 0.15) is 6.42 Å². The van der Waals surface area contributed by atoms with E-state index in [1.807, 2.05) is 0 Å². The van der Waals surface area contributed by atoms with Crippen molar-refractivity contribution in [3.63, 3.8) is 0 Å². The van der Waals surface area contributed by atoms with Crippen LogP contribution < -0.4 is 0 Å². The fraction of sp³-hybridized carbons (Fsp3) is 0.111. The second-order valence-electron chi connectivity index (χ2n) is 2.22. The fourth-order valence-electron chi connectivity index (χ4n) is 0.782. The van der Waals surface area contributed by atoms with Crippen LogP contribution in [-0.2, 0) is 9.59 Å². The zero-order chi connectivity index (χ0) is 10.4. The Hall–Kier alpha value is -1.84. The maximum atomic E-state index is 10.6. The summed E-state index contributed by atoms with van der Waals surface area (Å²) in [5, 5.41) is 17.0. The third-order valence-corrected chi connectivity index (χ3v) is 1.37. The van der Waals surface area contributed by atoms with Gasteiger partial charge in [0.05, 0.1) is 12.0 Å². The highest BCUT2D eigenvalue weighted by molar-refractivity contribution is 5.93. The summed E-state index contributed by atoms with van der Waals surface area (Å²) in [5.74, 6) is -2.46. The second kappa shape index (κ2) is 4.92. The SMILES string of the molecule is C=CC(C=C)=C(CC(=O)O)C(=O)O. The third kappa shape index (κ3) is 3.37. The number of carboxylic acids is 2. The van der Waals surface area contributed by atoms with Crippen molar-refractivity contribution in [2.24, 2.45) is 0 Å². The number of rotatable bonds is 5. The van der Waals surface area contributed by atoms with Crippen molar-refractivity contribution in [2.75, 3.05) is 0 Å². The maximum Gasteiger partial charge on any atom is 0.332 e. The molecule has 4 heteroatoms. The first-order valence-electron chi connectivity index (χ1n) is 3.46. The average molecular weight is 182 g/mol. The monoisotopic (exact) mass is 182 g/mol. The Morgan fingerprint density at radius 1 is 1.15 bits per heavy atom. The lowest BCUT2D eigenvalue weighted by Gasteiger charge is -2.01. The van der Waals surface area contributed by atoms with Crippen LogP contribution in [0.25, 0.3) is 0 Å². The molecule has 0 fully saturated rings. The van der Waals surface area contributed by atoms with Gasteiger partial charge in [0.15, 0.2) is 0 Å². The molecule has 0 radical (unpaired) electrons. The number of carbonyl (C=O) groups is 2. The van der Waals surface area contributed by atoms with E-state index in [-0.39, 0.29) is 11.1 Å². The van der Waals surface area contributed by atoms with E-state index in [0.29, 0.717) is 0 Å². The van der Waals surface area contributed by atoms with Crippen LogP contribution in [0.3, 0.4) is 0 Å². The van der Waals surface area contributed by atoms with Crippen molar-refractivity contribution >= 4 is 11.9 Å². The van der Waals surface area contributed by atoms with Gasteiger partial charge in [-0.05, 0) is 5.57 Å². The Bertz CT molecular complexity index is 276. The summed E-state index contributed by atoms with van der Waals surface area (Å²) in [7, 11) is 0. The maximum absolute atomic E-state index is 10.6. The molecule has 0 atom stereocenters. The average Bonchev–Trinajstić information content (AvgIpc) is 2.04. The first kappa shape index (κ1) is 11.2. The number of hydrogen-bond donors (Lipinski definition) is 2. The number of carboxylic acid groups (broad SMARTS) is 2. The minimum Gasteiger partial charge on any atom is -0.481 e. The standard InChI is InChI=1S/C9H10O4/c1-3-6(4-2)7(9(12)13)5-8(10)11/h3-4H,1-2,5H2,(H,10,11)(H,12,13). The van der Waals surface area contributed by atoms with Crippen molar-refractivity contribution < 1.29 is 19.8 Å². The lowest BCUT2D eigenvalue weighted by Crippen LogP contribution is -2.08. The third-order valence-electron chi connectivity index (χ3n) is 1.37. The number of allylic oxidation sites excluding steroid dienone is 3. The Labute approximate surface area is 75.5 Å². The molecule has 0 bridgehead atoms. The highest BCUT2D eigenvalue weighted by Gasteiger charge is 2.14. The van der Waals surface area contributed by atoms with Gasteiger partial charge < -0.3 is 10.2 Å². The molecule has 0 aromatic carbocycles. The highest BCUT2D eigenvalue weighted by atomic mass is 16.4. The van der Waals surface area contributed by atoms with E-state index in [9.17, 15) is 9.59 Å². The predicted molar refractivity (Wildman–Crippen MR) is 47.3 cm³/mol. The van der Waals surface area contributed by atoms with Crippen molar-refractivity contribution in [3.05, 3.63) is 36.5 Å². The first-order valence-corrected chi connectivity index (χ1v) is 3.46. The van der Waals surface area contributed by atoms with Crippen molar-refractivity contribution in [1.82, 2.24) is 0 Å². The van der Waals surface area contributed by atoms with Crippen LogP contribution >= 0.6 is 0 Å². The van der Waals surface area contributed by atoms with E-state index < -0.39 is 18.4 Å². The summed E-state index contributed by atoms with van der Waals surface area (Å²) in [6.07, 6.45) is 1.99. The van der Waals surface area contributed by atoms with E-state index in [2.05, 4.69) is 13.2 Å². The number of hydrogen-bond acceptors (Lipinski definition) is 2. The van der Waals surface area contributed by atoms with Crippen LogP contribution in [0, 0.1) is 0 Å². The molecule has 0 aliphatic carbocycles. The van der Waals surface area contributed by atoms with Crippen molar-refractivity contribution in [1.29, 1.82) is 0 Å². The smallest absolute Gasteiger partial charge is 0.332 e. The van der Waals surface area contributed by atoms with Gasteiger partial charge >= 0.3 is 11.9 Å². The summed E-state index contributed by atoms with van der Waals surface area (Å²) in [6, 6.07) is 0. The van der Waals surface area contributed by atoms with Crippen LogP contribution in [0.5, 0.6) is 0 Å². The zero-order valence-corrected chi connectivity index (χ0v) is 6.99. The Morgan fingerprint density at radius 2 is 1.62 bits per heavy atom. The van der Waals surface area contributed by atoms with E-state index in [0.717, 1.165) is 0 Å². The van der Waals surface area contributed by atoms with Gasteiger partial charge in [-0.15, -0.1) is 0 Å². The normalized spacial score (nSPS) is 8.62. The summed E-state index contributed by atoms with van der Waals surface area (Å²) in [4.78, 5) is 20.9. The molecule has 0 saturated carbocycles. The minimum atomic E-state index is -1.27. The minimum absolute atomic E-state index is 0.211. The molecule has 0 aromatic rings. The summed E-state index contributed by atoms with van der Waals surface area (Å²) >= 11 is 0. The van der Waals surface area contributed by atoms with Gasteiger partial charge in [-0.3, -0.25) is 4.79 Å². The van der Waals surface area contributed by atoms with Crippen LogP contribution in [0.2, 0.25) is 0 Å². The van der Waals surface area contributed by atoms with Gasteiger partial charge in [0.2, 0.25) is 0 Å². The van der Waals surface area contributed by atoms with Gasteiger partial charge in [0.25, 0.3) is 0 Å². The van der Waals surface area contributed by atoms with Gasteiger partial charge in [-0.2, -0.15) is 0 Å². The Morgan fingerprint density at radius 3 is 1.85 bits per heavy atom. The van der Waals surface area contributed by atoms with E-state index in [4.69, 9.17) is 10.2 Å². The topological polar surface area (TPSA) is 74.6 Å². The fourth-order valence-corrected chi connectivity index (χ4v) is 0.782. The first-order chi connectivity index (χ1) is 6.02. The molecule has 13 heavy (non-hydrogen) atoms. The van der Waals surface area contributed by atoms with Crippen LogP contribution in [-0.4, -0.2) is 22.2 Å². The summed E-state index contributed by atoms with van der Waals surface area (Å²) in [5.41, 5.74) is 0.0207. The van der Waals surface area contributed by atoms with Gasteiger partial charge in [-0.1, -0.05) is 25.3 Å². The zero-order valence-electron chi connectivity index (χ0n) is 6.99. The van der Waals surface area contributed by atoms with Crippen LogP contribution in [0.15, 0.2) is 36.5 Å². The molecule has 0 amide bonds. The molecule has 2 N–H and O–H groups in total. The van der Waals surface area contributed by atoms with Crippen molar-refractivity contribution in [2.45, 2.75) is 6.42 Å². The quantitative estimate of drug-likeness (QED) is 0.495. The highest BCUT2D eigenvalue weighted by Crippen LogP contribution is 2.11. The molecule has 0 spiro atoms. The molecule has 0 saturated heterocycles. The number of aliphatic carboxylic acids is 2. The predicted octanol–water partition coefficient (Wildman–Crippen LogP) is 1.21. The van der Waals surface area contributed by atoms with Gasteiger partial charge in [0, 0.05) is 0 Å². The molecule has 70 valence electrons. The molecule has 0 heterocycles. The lowest BCUT2D eigenvalue weighted by molar-refractivity contribution is -0.139. The second-order valence-corrected chi connectivity index (χ2v) is 2.22. The molecule has 0 aliphatic rings. The Kier molecular flexibility index (Phi) is 4.23. The van der Waals surface area contributed by atoms with E-state index in [1.54, 1.807) is 0 Å². The Balaban J connectivity index is 5.07. The van der Waals surface area contributed by atoms with Gasteiger partial charge in [-0.25, -0.2) is 4.79 Å². The summed E-state index contributed by atoms with van der Waals surface area (Å²) in [6.45, 7) is 6.71. The van der Waals surface area contributed by atoms with E-state index in [1.165, 1.54) is 12.2 Å². The largest absolute Gasteiger partial charge is 0.481 e. The van der Waals surface area contributed by atoms with Crippen LogP contribution in [0.4, 0.5) is 0 Å². The van der Waals surface area contributed by atoms with Crippen molar-refractivity contribution in [3.8, 4) is 0 Å². The molecule has 0 aromatic heterocycles.